The predicted octanol–water partition coefficient (Wildman–Crippen LogP) is 4.53. The molecule has 0 saturated heterocycles. The fraction of sp³-hybridized carbons (Fsp3) is 0.333. The Morgan fingerprint density at radius 2 is 2.07 bits per heavy atom. The van der Waals surface area contributed by atoms with Crippen LogP contribution in [0.2, 0.25) is 4.34 Å². The number of hydrogen-bond donors (Lipinski definition) is 1. The minimum atomic E-state index is -0.201. The highest BCUT2D eigenvalue weighted by atomic mass is 35.5. The van der Waals surface area contributed by atoms with Crippen molar-refractivity contribution >= 4 is 34.8 Å². The van der Waals surface area contributed by atoms with Crippen molar-refractivity contribution in [1.82, 2.24) is 10.2 Å². The van der Waals surface area contributed by atoms with Gasteiger partial charge in [-0.3, -0.25) is 9.59 Å². The second-order valence-electron chi connectivity index (χ2n) is 6.06. The number of ether oxygens (including phenoxy) is 1. The molecule has 0 aliphatic heterocycles. The Morgan fingerprint density at radius 1 is 1.29 bits per heavy atom. The quantitative estimate of drug-likeness (QED) is 0.429. The van der Waals surface area contributed by atoms with Crippen LogP contribution in [0.4, 0.5) is 0 Å². The molecule has 0 bridgehead atoms. The predicted molar refractivity (Wildman–Crippen MR) is 114 cm³/mol. The highest BCUT2D eigenvalue weighted by Crippen LogP contribution is 2.23. The maximum absolute atomic E-state index is 12.5. The number of halogens is 1. The molecule has 0 aliphatic carbocycles. The summed E-state index contributed by atoms with van der Waals surface area (Å²) in [5.41, 5.74) is 0.499. The molecule has 0 fully saturated rings. The number of amides is 2. The smallest absolute Gasteiger partial charge is 0.255 e. The Hall–Kier alpha value is -2.31. The van der Waals surface area contributed by atoms with Crippen molar-refractivity contribution in [2.75, 3.05) is 19.7 Å². The van der Waals surface area contributed by atoms with E-state index in [2.05, 4.69) is 11.9 Å². The third-order valence-corrected chi connectivity index (χ3v) is 5.18. The number of hydrogen-bond acceptors (Lipinski definition) is 4. The first-order valence-electron chi connectivity index (χ1n) is 9.18. The van der Waals surface area contributed by atoms with Crippen LogP contribution in [0.5, 0.6) is 5.75 Å². The fourth-order valence-electron chi connectivity index (χ4n) is 2.67. The monoisotopic (exact) mass is 420 g/mol. The van der Waals surface area contributed by atoms with E-state index in [0.717, 1.165) is 4.88 Å². The molecule has 0 radical (unpaired) electrons. The largest absolute Gasteiger partial charge is 0.493 e. The highest BCUT2D eigenvalue weighted by molar-refractivity contribution is 7.16. The first kappa shape index (κ1) is 22.0. The highest BCUT2D eigenvalue weighted by Gasteiger charge is 2.15. The van der Waals surface area contributed by atoms with E-state index in [1.54, 1.807) is 29.2 Å². The van der Waals surface area contributed by atoms with Crippen molar-refractivity contribution in [3.8, 4) is 5.75 Å². The van der Waals surface area contributed by atoms with E-state index < -0.39 is 0 Å². The molecule has 150 valence electrons. The fourth-order valence-corrected chi connectivity index (χ4v) is 3.77. The van der Waals surface area contributed by atoms with Gasteiger partial charge in [-0.1, -0.05) is 29.8 Å². The lowest BCUT2D eigenvalue weighted by molar-refractivity contribution is -0.131. The topological polar surface area (TPSA) is 58.6 Å². The van der Waals surface area contributed by atoms with Gasteiger partial charge in [0.15, 0.2) is 0 Å². The van der Waals surface area contributed by atoms with Crippen molar-refractivity contribution in [3.05, 3.63) is 63.8 Å². The van der Waals surface area contributed by atoms with Crippen LogP contribution in [0.3, 0.4) is 0 Å². The number of nitrogens with one attached hydrogen (secondary N) is 1. The molecule has 2 rings (SSSR count). The van der Waals surface area contributed by atoms with Crippen molar-refractivity contribution in [2.24, 2.45) is 0 Å². The third-order valence-electron chi connectivity index (χ3n) is 3.96. The molecule has 5 nitrogen and oxygen atoms in total. The summed E-state index contributed by atoms with van der Waals surface area (Å²) in [4.78, 5) is 27.6. The zero-order chi connectivity index (χ0) is 20.4. The summed E-state index contributed by atoms with van der Waals surface area (Å²) in [6.07, 6.45) is 2.61. The summed E-state index contributed by atoms with van der Waals surface area (Å²) in [7, 11) is 0. The van der Waals surface area contributed by atoms with Gasteiger partial charge in [0.25, 0.3) is 5.91 Å². The Bertz CT molecular complexity index is 806. The summed E-state index contributed by atoms with van der Waals surface area (Å²) in [6, 6.07) is 10.9. The molecular weight excluding hydrogens is 396 g/mol. The number of carbonyl (C=O) groups is 2. The molecule has 0 saturated carbocycles. The Labute approximate surface area is 175 Å². The molecule has 7 heteroatoms. The second-order valence-corrected chi connectivity index (χ2v) is 7.86. The number of benzene rings is 1. The molecular formula is C21H25ClN2O3S. The van der Waals surface area contributed by atoms with Gasteiger partial charge >= 0.3 is 0 Å². The molecule has 2 aromatic rings. The zero-order valence-electron chi connectivity index (χ0n) is 15.9. The number of rotatable bonds is 11. The van der Waals surface area contributed by atoms with Crippen LogP contribution in [-0.2, 0) is 11.3 Å². The summed E-state index contributed by atoms with van der Waals surface area (Å²) in [5, 5.41) is 2.85. The van der Waals surface area contributed by atoms with Crippen molar-refractivity contribution in [1.29, 1.82) is 0 Å². The van der Waals surface area contributed by atoms with E-state index >= 15 is 0 Å². The zero-order valence-corrected chi connectivity index (χ0v) is 17.5. The normalized spacial score (nSPS) is 10.4. The Kier molecular flexibility index (Phi) is 9.04. The van der Waals surface area contributed by atoms with Crippen LogP contribution in [0.25, 0.3) is 0 Å². The molecule has 1 aromatic carbocycles. The summed E-state index contributed by atoms with van der Waals surface area (Å²) in [6.45, 7) is 7.49. The summed E-state index contributed by atoms with van der Waals surface area (Å²) in [5.74, 6) is 0.381. The molecule has 1 aromatic heterocycles. The van der Waals surface area contributed by atoms with E-state index in [1.807, 2.05) is 25.1 Å². The van der Waals surface area contributed by atoms with Gasteiger partial charge in [-0.05, 0) is 37.6 Å². The van der Waals surface area contributed by atoms with Crippen molar-refractivity contribution < 1.29 is 14.3 Å². The van der Waals surface area contributed by atoms with E-state index in [9.17, 15) is 9.59 Å². The lowest BCUT2D eigenvalue weighted by atomic mass is 10.2. The number of thiophene rings is 1. The van der Waals surface area contributed by atoms with E-state index in [-0.39, 0.29) is 11.8 Å². The molecule has 28 heavy (non-hydrogen) atoms. The van der Waals surface area contributed by atoms with Crippen LogP contribution in [0.1, 0.15) is 35.0 Å². The lowest BCUT2D eigenvalue weighted by Crippen LogP contribution is -2.31. The van der Waals surface area contributed by atoms with Gasteiger partial charge in [0.1, 0.15) is 5.75 Å². The average Bonchev–Trinajstić information content (AvgIpc) is 3.10. The maximum atomic E-state index is 12.5. The van der Waals surface area contributed by atoms with Crippen molar-refractivity contribution in [2.45, 2.75) is 26.3 Å². The number of para-hydroxylation sites is 1. The van der Waals surface area contributed by atoms with Crippen LogP contribution in [0, 0.1) is 0 Å². The molecule has 0 atom stereocenters. The molecule has 0 aliphatic rings. The Morgan fingerprint density at radius 3 is 2.75 bits per heavy atom. The first-order valence-corrected chi connectivity index (χ1v) is 10.4. The maximum Gasteiger partial charge on any atom is 0.255 e. The number of nitrogens with zero attached hydrogens (tertiary/aromatic N) is 1. The molecule has 0 spiro atoms. The van der Waals surface area contributed by atoms with Crippen LogP contribution >= 0.6 is 22.9 Å². The van der Waals surface area contributed by atoms with E-state index in [4.69, 9.17) is 16.3 Å². The number of carbonyl (C=O) groups excluding carboxylic acids is 2. The molecule has 0 unspecified atom stereocenters. The minimum Gasteiger partial charge on any atom is -0.493 e. The molecule has 1 heterocycles. The van der Waals surface area contributed by atoms with Gasteiger partial charge in [-0.2, -0.15) is 0 Å². The van der Waals surface area contributed by atoms with Gasteiger partial charge in [0.2, 0.25) is 5.91 Å². The summed E-state index contributed by atoms with van der Waals surface area (Å²) >= 11 is 7.42. The minimum absolute atomic E-state index is 0.0217. The third kappa shape index (κ3) is 6.69. The summed E-state index contributed by atoms with van der Waals surface area (Å²) < 4.78 is 6.18. The Balaban J connectivity index is 1.81. The van der Waals surface area contributed by atoms with Gasteiger partial charge in [-0.15, -0.1) is 17.9 Å². The van der Waals surface area contributed by atoms with E-state index in [0.29, 0.717) is 54.7 Å². The molecule has 2 amide bonds. The van der Waals surface area contributed by atoms with E-state index in [1.165, 1.54) is 11.3 Å². The average molecular weight is 421 g/mol. The van der Waals surface area contributed by atoms with Gasteiger partial charge in [0.05, 0.1) is 23.1 Å². The molecule has 1 N–H and O–H groups in total. The van der Waals surface area contributed by atoms with Gasteiger partial charge in [-0.25, -0.2) is 0 Å². The van der Waals surface area contributed by atoms with Gasteiger partial charge in [0, 0.05) is 24.4 Å². The van der Waals surface area contributed by atoms with Crippen molar-refractivity contribution in [3.63, 3.8) is 0 Å². The lowest BCUT2D eigenvalue weighted by Gasteiger charge is -2.20. The first-order chi connectivity index (χ1) is 13.5. The SMILES string of the molecule is C=CCN(Cc1ccc(Cl)s1)C(=O)CCCNC(=O)c1ccccc1OCC. The van der Waals surface area contributed by atoms with Gasteiger partial charge < -0.3 is 15.0 Å². The van der Waals surface area contributed by atoms with Crippen LogP contribution in [-0.4, -0.2) is 36.4 Å². The van der Waals surface area contributed by atoms with Crippen LogP contribution < -0.4 is 10.1 Å². The standard InChI is InChI=1S/C21H25ClN2O3S/c1-3-14-24(15-16-11-12-19(22)28-16)20(25)10-7-13-23-21(26)17-8-5-6-9-18(17)27-4-2/h3,5-6,8-9,11-12H,1,4,7,10,13-15H2,2H3,(H,23,26). The van der Waals surface area contributed by atoms with Crippen LogP contribution in [0.15, 0.2) is 49.1 Å². The second kappa shape index (κ2) is 11.5.